The number of carbonyl (C=O) groups is 2. The molecule has 0 fully saturated rings. The molecule has 0 aliphatic heterocycles. The number of quaternary nitrogens is 1. The number of rotatable bonds is 4. The number of likely N-dealkylation sites (N-methyl/N-ethyl adjacent to an activating group) is 1. The van der Waals surface area contributed by atoms with E-state index in [0.29, 0.717) is 11.2 Å². The summed E-state index contributed by atoms with van der Waals surface area (Å²) < 4.78 is 5.01. The smallest absolute Gasteiger partial charge is 0.415 e. The molecule has 0 aromatic heterocycles. The Morgan fingerprint density at radius 3 is 2.67 bits per heavy atom. The molecule has 4 heteroatoms. The fourth-order valence-corrected chi connectivity index (χ4v) is 1.05. The number of aldehydes is 1. The normalized spacial score (nSPS) is 11.8. The number of alkyl carbamates (subject to hydrolysis) is 2. The molecule has 0 aliphatic carbocycles. The molecule has 0 spiro atoms. The van der Waals surface area contributed by atoms with Crippen LogP contribution in [0.1, 0.15) is 5.56 Å². The molecular weight excluding hydrogens is 194 g/mol. The highest BCUT2D eigenvalue weighted by molar-refractivity contribution is 5.60. The van der Waals surface area contributed by atoms with E-state index in [9.17, 15) is 9.59 Å². The Labute approximate surface area is 88.5 Å². The second-order valence-electron chi connectivity index (χ2n) is 3.21. The molecule has 1 amide bonds. The van der Waals surface area contributed by atoms with Crippen molar-refractivity contribution in [2.24, 2.45) is 0 Å². The monoisotopic (exact) mass is 208 g/mol. The molecule has 0 heterocycles. The number of amides is 1. The van der Waals surface area contributed by atoms with Crippen LogP contribution in [0.3, 0.4) is 0 Å². The second-order valence-corrected chi connectivity index (χ2v) is 3.21. The minimum Gasteiger partial charge on any atom is -0.415 e. The lowest BCUT2D eigenvalue weighted by Gasteiger charge is -2.08. The number of ether oxygens (including phenoxy) is 1. The van der Waals surface area contributed by atoms with Gasteiger partial charge in [0.15, 0.2) is 6.29 Å². The van der Waals surface area contributed by atoms with Crippen molar-refractivity contribution in [3.8, 4) is 0 Å². The van der Waals surface area contributed by atoms with Crippen LogP contribution >= 0.6 is 0 Å². The minimum atomic E-state index is -0.411. The van der Waals surface area contributed by atoms with Crippen LogP contribution in [0.5, 0.6) is 0 Å². The van der Waals surface area contributed by atoms with E-state index in [2.05, 4.69) is 0 Å². The number of nitrogens with one attached hydrogen (secondary N) is 1. The second kappa shape index (κ2) is 5.93. The van der Waals surface area contributed by atoms with Crippen molar-refractivity contribution < 1.29 is 19.2 Å². The zero-order valence-corrected chi connectivity index (χ0v) is 8.60. The molecule has 0 saturated heterocycles. The topological polar surface area (TPSA) is 47.8 Å². The highest BCUT2D eigenvalue weighted by atomic mass is 16.6. The molecule has 1 unspecified atom stereocenters. The summed E-state index contributed by atoms with van der Waals surface area (Å²) in [4.78, 5) is 21.9. The van der Waals surface area contributed by atoms with Gasteiger partial charge >= 0.3 is 6.09 Å². The standard InChI is InChI=1S/C11H13NO3/c1-12(7-8-13)11(14)15-9-10-5-3-2-4-6-10/h2-6,8H,7,9H2,1H3/p+1. The van der Waals surface area contributed by atoms with Crippen molar-refractivity contribution in [3.63, 3.8) is 0 Å². The van der Waals surface area contributed by atoms with Gasteiger partial charge in [-0.05, 0) is 5.56 Å². The molecule has 0 bridgehead atoms. The van der Waals surface area contributed by atoms with E-state index < -0.39 is 6.09 Å². The Morgan fingerprint density at radius 2 is 2.07 bits per heavy atom. The molecule has 0 saturated carbocycles. The first-order chi connectivity index (χ1) is 7.24. The van der Waals surface area contributed by atoms with E-state index >= 15 is 0 Å². The van der Waals surface area contributed by atoms with Crippen molar-refractivity contribution in [1.82, 2.24) is 0 Å². The Balaban J connectivity index is 2.37. The van der Waals surface area contributed by atoms with Gasteiger partial charge in [0.25, 0.3) is 0 Å². The highest BCUT2D eigenvalue weighted by Crippen LogP contribution is 1.99. The van der Waals surface area contributed by atoms with E-state index in [0.717, 1.165) is 5.56 Å². The number of hydrogen-bond acceptors (Lipinski definition) is 3. The summed E-state index contributed by atoms with van der Waals surface area (Å²) in [5.41, 5.74) is 0.935. The molecule has 15 heavy (non-hydrogen) atoms. The lowest BCUT2D eigenvalue weighted by Crippen LogP contribution is -3.12. The molecule has 1 aromatic carbocycles. The van der Waals surface area contributed by atoms with Crippen molar-refractivity contribution in [1.29, 1.82) is 0 Å². The maximum Gasteiger partial charge on any atom is 0.514 e. The van der Waals surface area contributed by atoms with E-state index in [-0.39, 0.29) is 13.2 Å². The van der Waals surface area contributed by atoms with Crippen LogP contribution in [0.4, 0.5) is 4.79 Å². The van der Waals surface area contributed by atoms with Gasteiger partial charge in [0.2, 0.25) is 0 Å². The van der Waals surface area contributed by atoms with Crippen LogP contribution in [0, 0.1) is 0 Å². The van der Waals surface area contributed by atoms with Crippen LogP contribution in [0.2, 0.25) is 0 Å². The van der Waals surface area contributed by atoms with E-state index in [4.69, 9.17) is 4.74 Å². The average molecular weight is 208 g/mol. The zero-order chi connectivity index (χ0) is 11.1. The van der Waals surface area contributed by atoms with Gasteiger partial charge in [0.05, 0.1) is 7.05 Å². The lowest BCUT2D eigenvalue weighted by molar-refractivity contribution is -0.791. The highest BCUT2D eigenvalue weighted by Gasteiger charge is 2.14. The molecule has 4 nitrogen and oxygen atoms in total. The molecule has 80 valence electrons. The Morgan fingerprint density at radius 1 is 1.40 bits per heavy atom. The van der Waals surface area contributed by atoms with Crippen LogP contribution < -0.4 is 4.90 Å². The Hall–Kier alpha value is -1.68. The first kappa shape index (κ1) is 11.4. The summed E-state index contributed by atoms with van der Waals surface area (Å²) in [6.07, 6.45) is 0.282. The summed E-state index contributed by atoms with van der Waals surface area (Å²) in [7, 11) is 1.60. The Kier molecular flexibility index (Phi) is 4.50. The summed E-state index contributed by atoms with van der Waals surface area (Å²) in [5.74, 6) is 0. The molecule has 0 aliphatic rings. The van der Waals surface area contributed by atoms with Crippen molar-refractivity contribution >= 4 is 12.4 Å². The quantitative estimate of drug-likeness (QED) is 0.710. The number of carbonyl (C=O) groups excluding carboxylic acids is 2. The third-order valence-corrected chi connectivity index (χ3v) is 1.95. The summed E-state index contributed by atoms with van der Waals surface area (Å²) in [6, 6.07) is 9.41. The predicted octanol–water partition coefficient (Wildman–Crippen LogP) is 0.0368. The van der Waals surface area contributed by atoms with Gasteiger partial charge in [-0.1, -0.05) is 30.3 Å². The third-order valence-electron chi connectivity index (χ3n) is 1.95. The molecule has 1 N–H and O–H groups in total. The van der Waals surface area contributed by atoms with Crippen molar-refractivity contribution in [3.05, 3.63) is 35.9 Å². The maximum atomic E-state index is 11.3. The largest absolute Gasteiger partial charge is 0.514 e. The van der Waals surface area contributed by atoms with E-state index in [1.807, 2.05) is 30.3 Å². The third kappa shape index (κ3) is 3.91. The van der Waals surface area contributed by atoms with E-state index in [1.165, 1.54) is 0 Å². The molecular formula is C11H14NO3+. The molecule has 1 atom stereocenters. The van der Waals surface area contributed by atoms with Gasteiger partial charge in [0.1, 0.15) is 13.2 Å². The predicted molar refractivity (Wildman–Crippen MR) is 54.4 cm³/mol. The zero-order valence-electron chi connectivity index (χ0n) is 8.60. The van der Waals surface area contributed by atoms with Crippen LogP contribution in [0.25, 0.3) is 0 Å². The molecule has 1 aromatic rings. The molecule has 0 radical (unpaired) electrons. The molecule has 1 rings (SSSR count). The van der Waals surface area contributed by atoms with Crippen molar-refractivity contribution in [2.45, 2.75) is 6.61 Å². The average Bonchev–Trinajstić information content (AvgIpc) is 2.27. The fraction of sp³-hybridized carbons (Fsp3) is 0.273. The van der Waals surface area contributed by atoms with Gasteiger partial charge in [0, 0.05) is 0 Å². The fourth-order valence-electron chi connectivity index (χ4n) is 1.05. The summed E-state index contributed by atoms with van der Waals surface area (Å²) in [5, 5.41) is 0. The number of benzene rings is 1. The number of hydrogen-bond donors (Lipinski definition) is 1. The van der Waals surface area contributed by atoms with Gasteiger partial charge in [-0.15, -0.1) is 0 Å². The van der Waals surface area contributed by atoms with Crippen LogP contribution in [-0.4, -0.2) is 26.0 Å². The maximum absolute atomic E-state index is 11.3. The Bertz CT molecular complexity index is 324. The summed E-state index contributed by atoms with van der Waals surface area (Å²) >= 11 is 0. The van der Waals surface area contributed by atoms with Gasteiger partial charge < -0.3 is 4.74 Å². The van der Waals surface area contributed by atoms with Gasteiger partial charge in [-0.3, -0.25) is 4.79 Å². The first-order valence-electron chi connectivity index (χ1n) is 4.71. The van der Waals surface area contributed by atoms with Crippen molar-refractivity contribution in [2.75, 3.05) is 13.6 Å². The lowest BCUT2D eigenvalue weighted by atomic mass is 10.2. The van der Waals surface area contributed by atoms with E-state index in [1.54, 1.807) is 7.05 Å². The van der Waals surface area contributed by atoms with Gasteiger partial charge in [-0.25, -0.2) is 4.90 Å². The summed E-state index contributed by atoms with van der Waals surface area (Å²) in [6.45, 7) is 0.378. The minimum absolute atomic E-state index is 0.133. The van der Waals surface area contributed by atoms with Gasteiger partial charge in [-0.2, -0.15) is 4.79 Å². The van der Waals surface area contributed by atoms with Crippen LogP contribution in [-0.2, 0) is 16.1 Å². The van der Waals surface area contributed by atoms with Crippen LogP contribution in [0.15, 0.2) is 30.3 Å². The SMILES string of the molecule is C[NH+](CC=O)C(=O)OCc1ccccc1. The first-order valence-corrected chi connectivity index (χ1v) is 4.71.